The summed E-state index contributed by atoms with van der Waals surface area (Å²) in [5.74, 6) is 2.47. The number of fused-ring (bicyclic) bond motifs is 12. The molecular weight excluding hydrogens is 590 g/mol. The van der Waals surface area contributed by atoms with Crippen LogP contribution in [0.3, 0.4) is 0 Å². The molecule has 0 atom stereocenters. The van der Waals surface area contributed by atoms with Crippen LogP contribution in [0.5, 0.6) is 11.5 Å². The van der Waals surface area contributed by atoms with Crippen molar-refractivity contribution in [2.45, 2.75) is 0 Å². The molecule has 1 aliphatic rings. The summed E-state index contributed by atoms with van der Waals surface area (Å²) in [4.78, 5) is 12.9. The SMILES string of the molecule is c1ccc2c(c1)Oc1ccccc1N2c1cc2c3ccccc3n(-c3nc4ccccc4c4nc5ccccc5n34)c2c2ccccc12. The molecule has 224 valence electrons. The summed E-state index contributed by atoms with van der Waals surface area (Å²) in [5.41, 5.74) is 9.05. The number of para-hydroxylation sites is 8. The number of hydrogen-bond donors (Lipinski definition) is 0. The van der Waals surface area contributed by atoms with Crippen molar-refractivity contribution < 1.29 is 4.74 Å². The van der Waals surface area contributed by atoms with Crippen molar-refractivity contribution in [3.05, 3.63) is 152 Å². The lowest BCUT2D eigenvalue weighted by Crippen LogP contribution is -2.16. The maximum absolute atomic E-state index is 6.40. The maximum Gasteiger partial charge on any atom is 0.221 e. The van der Waals surface area contributed by atoms with Gasteiger partial charge in [0.05, 0.1) is 44.6 Å². The second-order valence-corrected chi connectivity index (χ2v) is 12.3. The molecule has 0 fully saturated rings. The van der Waals surface area contributed by atoms with Crippen LogP contribution in [0.2, 0.25) is 0 Å². The zero-order valence-corrected chi connectivity index (χ0v) is 25.6. The molecule has 48 heavy (non-hydrogen) atoms. The highest BCUT2D eigenvalue weighted by Gasteiger charge is 2.29. The normalized spacial score (nSPS) is 12.7. The molecule has 0 amide bonds. The molecule has 0 saturated carbocycles. The minimum absolute atomic E-state index is 0.809. The lowest BCUT2D eigenvalue weighted by Gasteiger charge is -2.33. The highest BCUT2D eigenvalue weighted by atomic mass is 16.5. The Hall–Kier alpha value is -6.66. The van der Waals surface area contributed by atoms with Crippen LogP contribution >= 0.6 is 0 Å². The van der Waals surface area contributed by atoms with Crippen LogP contribution in [-0.2, 0) is 0 Å². The molecule has 6 nitrogen and oxygen atoms in total. The van der Waals surface area contributed by atoms with Crippen LogP contribution < -0.4 is 9.64 Å². The van der Waals surface area contributed by atoms with Gasteiger partial charge in [0.2, 0.25) is 5.95 Å². The summed E-state index contributed by atoms with van der Waals surface area (Å²) >= 11 is 0. The molecule has 0 aliphatic carbocycles. The van der Waals surface area contributed by atoms with Gasteiger partial charge in [-0.3, -0.25) is 8.97 Å². The van der Waals surface area contributed by atoms with E-state index in [9.17, 15) is 0 Å². The highest BCUT2D eigenvalue weighted by molar-refractivity contribution is 6.22. The number of anilines is 3. The van der Waals surface area contributed by atoms with Crippen molar-refractivity contribution in [3.8, 4) is 17.4 Å². The fraction of sp³-hybridized carbons (Fsp3) is 0. The fourth-order valence-electron chi connectivity index (χ4n) is 7.64. The lowest BCUT2D eigenvalue weighted by molar-refractivity contribution is 0.477. The minimum Gasteiger partial charge on any atom is -0.453 e. The number of nitrogens with zero attached hydrogens (tertiary/aromatic N) is 5. The third-order valence-electron chi connectivity index (χ3n) is 9.65. The Morgan fingerprint density at radius 2 is 1.02 bits per heavy atom. The Balaban J connectivity index is 1.32. The third kappa shape index (κ3) is 3.35. The summed E-state index contributed by atoms with van der Waals surface area (Å²) in [7, 11) is 0. The molecule has 11 rings (SSSR count). The highest BCUT2D eigenvalue weighted by Crippen LogP contribution is 2.53. The predicted octanol–water partition coefficient (Wildman–Crippen LogP) is 10.9. The first-order valence-electron chi connectivity index (χ1n) is 16.1. The third-order valence-corrected chi connectivity index (χ3v) is 9.65. The first-order valence-corrected chi connectivity index (χ1v) is 16.1. The van der Waals surface area contributed by atoms with Crippen molar-refractivity contribution in [2.75, 3.05) is 4.90 Å². The smallest absolute Gasteiger partial charge is 0.221 e. The zero-order valence-electron chi connectivity index (χ0n) is 25.6. The predicted molar refractivity (Wildman–Crippen MR) is 195 cm³/mol. The monoisotopic (exact) mass is 615 g/mol. The molecule has 3 aromatic heterocycles. The van der Waals surface area contributed by atoms with Crippen molar-refractivity contribution in [2.24, 2.45) is 0 Å². The Bertz CT molecular complexity index is 2910. The Morgan fingerprint density at radius 1 is 0.438 bits per heavy atom. The summed E-state index contributed by atoms with van der Waals surface area (Å²) in [6, 6.07) is 52.9. The van der Waals surface area contributed by atoms with Gasteiger partial charge in [0.15, 0.2) is 11.5 Å². The van der Waals surface area contributed by atoms with Gasteiger partial charge < -0.3 is 9.64 Å². The van der Waals surface area contributed by atoms with E-state index in [2.05, 4.69) is 129 Å². The van der Waals surface area contributed by atoms with Crippen LogP contribution in [0.15, 0.2) is 152 Å². The maximum atomic E-state index is 6.40. The van der Waals surface area contributed by atoms with Gasteiger partial charge in [-0.15, -0.1) is 0 Å². The zero-order chi connectivity index (χ0) is 31.3. The van der Waals surface area contributed by atoms with Gasteiger partial charge in [0.1, 0.15) is 5.65 Å². The van der Waals surface area contributed by atoms with Crippen LogP contribution in [-0.4, -0.2) is 18.9 Å². The van der Waals surface area contributed by atoms with E-state index in [1.165, 1.54) is 0 Å². The van der Waals surface area contributed by atoms with E-state index in [4.69, 9.17) is 14.7 Å². The first kappa shape index (κ1) is 25.5. The summed E-state index contributed by atoms with van der Waals surface area (Å²) in [6.45, 7) is 0. The van der Waals surface area contributed by atoms with E-state index < -0.39 is 0 Å². The number of hydrogen-bond acceptors (Lipinski definition) is 4. The van der Waals surface area contributed by atoms with Gasteiger partial charge in [-0.2, -0.15) is 0 Å². The second-order valence-electron chi connectivity index (χ2n) is 12.3. The molecule has 0 spiro atoms. The van der Waals surface area contributed by atoms with Gasteiger partial charge in [0, 0.05) is 26.9 Å². The number of aromatic nitrogens is 4. The van der Waals surface area contributed by atoms with E-state index >= 15 is 0 Å². The lowest BCUT2D eigenvalue weighted by atomic mass is 10.0. The van der Waals surface area contributed by atoms with Crippen LogP contribution in [0.25, 0.3) is 66.1 Å². The molecule has 6 heteroatoms. The van der Waals surface area contributed by atoms with Crippen molar-refractivity contribution in [1.82, 2.24) is 18.9 Å². The average Bonchev–Trinajstić information content (AvgIpc) is 3.70. The fourth-order valence-corrected chi connectivity index (χ4v) is 7.64. The summed E-state index contributed by atoms with van der Waals surface area (Å²) in [5, 5.41) is 5.59. The Kier molecular flexibility index (Phi) is 5.02. The van der Waals surface area contributed by atoms with E-state index in [1.54, 1.807) is 0 Å². The molecular formula is C42H25N5O. The summed E-state index contributed by atoms with van der Waals surface area (Å²) in [6.07, 6.45) is 0. The van der Waals surface area contributed by atoms with E-state index in [-0.39, 0.29) is 0 Å². The number of rotatable bonds is 2. The Morgan fingerprint density at radius 3 is 1.79 bits per heavy atom. The van der Waals surface area contributed by atoms with E-state index in [1.807, 2.05) is 36.4 Å². The molecule has 0 bridgehead atoms. The van der Waals surface area contributed by atoms with Gasteiger partial charge in [-0.1, -0.05) is 91.0 Å². The van der Waals surface area contributed by atoms with Crippen molar-refractivity contribution in [3.63, 3.8) is 0 Å². The number of benzene rings is 7. The molecule has 10 aromatic rings. The first-order chi connectivity index (χ1) is 23.8. The van der Waals surface area contributed by atoms with Crippen molar-refractivity contribution in [1.29, 1.82) is 0 Å². The molecule has 0 saturated heterocycles. The van der Waals surface area contributed by atoms with Gasteiger partial charge in [0.25, 0.3) is 0 Å². The van der Waals surface area contributed by atoms with Gasteiger partial charge >= 0.3 is 0 Å². The van der Waals surface area contributed by atoms with E-state index in [0.29, 0.717) is 0 Å². The van der Waals surface area contributed by atoms with Crippen LogP contribution in [0, 0.1) is 0 Å². The van der Waals surface area contributed by atoms with Gasteiger partial charge in [-0.25, -0.2) is 9.97 Å². The molecule has 0 N–H and O–H groups in total. The minimum atomic E-state index is 0.809. The average molecular weight is 616 g/mol. The van der Waals surface area contributed by atoms with E-state index in [0.717, 1.165) is 94.7 Å². The topological polar surface area (TPSA) is 47.6 Å². The molecule has 0 unspecified atom stereocenters. The summed E-state index contributed by atoms with van der Waals surface area (Å²) < 4.78 is 11.0. The van der Waals surface area contributed by atoms with Crippen LogP contribution in [0.1, 0.15) is 0 Å². The molecule has 1 aliphatic heterocycles. The number of ether oxygens (including phenoxy) is 1. The molecule has 4 heterocycles. The second kappa shape index (κ2) is 9.44. The Labute approximate surface area is 274 Å². The number of imidazole rings is 1. The standard InChI is InChI=1S/C42H25N5O/c1-2-15-28-26(13-1)37(45-35-21-9-11-23-38(35)48-39-24-12-10-22-36(39)45)25-30-27-14-4-7-19-33(27)46(40(28)30)42-44-31-17-5-3-16-29(31)41-43-32-18-6-8-20-34(32)47(41)42/h1-25H. The van der Waals surface area contributed by atoms with Gasteiger partial charge in [-0.05, 0) is 60.7 Å². The van der Waals surface area contributed by atoms with Crippen molar-refractivity contribution >= 4 is 77.2 Å². The van der Waals surface area contributed by atoms with Crippen LogP contribution in [0.4, 0.5) is 17.1 Å². The largest absolute Gasteiger partial charge is 0.453 e. The molecule has 0 radical (unpaired) electrons. The quantitative estimate of drug-likeness (QED) is 0.194. The molecule has 7 aromatic carbocycles.